The fraction of sp³-hybridized carbons (Fsp3) is 0.625. The van der Waals surface area contributed by atoms with E-state index in [0.717, 1.165) is 6.42 Å². The number of hydrogen-bond acceptors (Lipinski definition) is 2. The largest absolute Gasteiger partial charge is 0.271 e. The third-order valence-corrected chi connectivity index (χ3v) is 3.28. The molecule has 0 fully saturated rings. The van der Waals surface area contributed by atoms with E-state index in [2.05, 4.69) is 64.3 Å². The number of benzene rings is 1. The average molecular weight is 248 g/mol. The van der Waals surface area contributed by atoms with E-state index in [1.54, 1.807) is 0 Å². The summed E-state index contributed by atoms with van der Waals surface area (Å²) in [6.45, 7) is 11.3. The van der Waals surface area contributed by atoms with E-state index < -0.39 is 0 Å². The Bertz CT molecular complexity index is 348. The van der Waals surface area contributed by atoms with Gasteiger partial charge in [-0.25, -0.2) is 0 Å². The minimum absolute atomic E-state index is 0.253. The van der Waals surface area contributed by atoms with Crippen LogP contribution < -0.4 is 11.3 Å². The number of hydrogen-bond donors (Lipinski definition) is 2. The quantitative estimate of drug-likeness (QED) is 0.611. The summed E-state index contributed by atoms with van der Waals surface area (Å²) in [5.74, 6) is 6.36. The second kappa shape index (κ2) is 6.35. The van der Waals surface area contributed by atoms with Gasteiger partial charge in [0.2, 0.25) is 0 Å². The number of aryl methyl sites for hydroxylation is 1. The molecule has 1 rings (SSSR count). The van der Waals surface area contributed by atoms with Gasteiger partial charge in [-0.1, -0.05) is 57.5 Å². The van der Waals surface area contributed by atoms with Gasteiger partial charge in [-0.2, -0.15) is 0 Å². The zero-order chi connectivity index (χ0) is 13.8. The van der Waals surface area contributed by atoms with Crippen LogP contribution in [0.5, 0.6) is 0 Å². The molecule has 0 radical (unpaired) electrons. The standard InChI is InChI=1S/C16H28N2/c1-12-6-8-14(9-7-12)15(18-17)10-13(2)11-16(3,4)5/h6-9,13,15,18H,10-11,17H2,1-5H3. The number of nitrogens with two attached hydrogens (primary N) is 1. The van der Waals surface area contributed by atoms with Crippen molar-refractivity contribution in [2.45, 2.75) is 53.5 Å². The van der Waals surface area contributed by atoms with Crippen molar-refractivity contribution in [1.82, 2.24) is 5.43 Å². The summed E-state index contributed by atoms with van der Waals surface area (Å²) in [4.78, 5) is 0. The Balaban J connectivity index is 2.64. The monoisotopic (exact) mass is 248 g/mol. The van der Waals surface area contributed by atoms with E-state index in [1.807, 2.05) is 0 Å². The summed E-state index contributed by atoms with van der Waals surface area (Å²) >= 11 is 0. The smallest absolute Gasteiger partial charge is 0.0462 e. The molecule has 102 valence electrons. The maximum atomic E-state index is 5.70. The van der Waals surface area contributed by atoms with Crippen LogP contribution in [0.1, 0.15) is 57.7 Å². The summed E-state index contributed by atoms with van der Waals surface area (Å²) in [5, 5.41) is 0. The van der Waals surface area contributed by atoms with Gasteiger partial charge in [0.05, 0.1) is 0 Å². The van der Waals surface area contributed by atoms with Gasteiger partial charge >= 0.3 is 0 Å². The number of rotatable bonds is 5. The van der Waals surface area contributed by atoms with Gasteiger partial charge < -0.3 is 0 Å². The van der Waals surface area contributed by atoms with Crippen molar-refractivity contribution in [2.24, 2.45) is 17.2 Å². The van der Waals surface area contributed by atoms with Crippen molar-refractivity contribution in [2.75, 3.05) is 0 Å². The summed E-state index contributed by atoms with van der Waals surface area (Å²) < 4.78 is 0. The topological polar surface area (TPSA) is 38.0 Å². The first kappa shape index (κ1) is 15.2. The van der Waals surface area contributed by atoms with Gasteiger partial charge in [0, 0.05) is 6.04 Å². The Morgan fingerprint density at radius 2 is 1.72 bits per heavy atom. The molecule has 0 bridgehead atoms. The first-order valence-corrected chi connectivity index (χ1v) is 6.84. The minimum Gasteiger partial charge on any atom is -0.271 e. The lowest BCUT2D eigenvalue weighted by atomic mass is 9.82. The first-order chi connectivity index (χ1) is 8.31. The molecule has 0 aliphatic rings. The molecule has 0 spiro atoms. The van der Waals surface area contributed by atoms with Crippen molar-refractivity contribution >= 4 is 0 Å². The minimum atomic E-state index is 0.253. The molecule has 0 amide bonds. The maximum Gasteiger partial charge on any atom is 0.0462 e. The van der Waals surface area contributed by atoms with Crippen molar-refractivity contribution in [3.63, 3.8) is 0 Å². The van der Waals surface area contributed by atoms with Gasteiger partial charge in [-0.05, 0) is 36.7 Å². The molecule has 0 aliphatic heterocycles. The molecule has 2 nitrogen and oxygen atoms in total. The lowest BCUT2D eigenvalue weighted by Crippen LogP contribution is -2.30. The van der Waals surface area contributed by atoms with Crippen LogP contribution in [0.15, 0.2) is 24.3 Å². The lowest BCUT2D eigenvalue weighted by molar-refractivity contribution is 0.276. The maximum absolute atomic E-state index is 5.70. The van der Waals surface area contributed by atoms with Gasteiger partial charge in [0.25, 0.3) is 0 Å². The van der Waals surface area contributed by atoms with Crippen molar-refractivity contribution in [1.29, 1.82) is 0 Å². The van der Waals surface area contributed by atoms with E-state index in [-0.39, 0.29) is 6.04 Å². The Kier molecular flexibility index (Phi) is 5.36. The van der Waals surface area contributed by atoms with Crippen LogP contribution in [0.2, 0.25) is 0 Å². The highest BCUT2D eigenvalue weighted by Crippen LogP contribution is 2.30. The van der Waals surface area contributed by atoms with Crippen LogP contribution in [0.3, 0.4) is 0 Å². The van der Waals surface area contributed by atoms with Crippen LogP contribution in [-0.2, 0) is 0 Å². The Morgan fingerprint density at radius 1 is 1.17 bits per heavy atom. The van der Waals surface area contributed by atoms with Crippen LogP contribution in [-0.4, -0.2) is 0 Å². The second-order valence-electron chi connectivity index (χ2n) is 6.74. The van der Waals surface area contributed by atoms with E-state index in [4.69, 9.17) is 5.84 Å². The Labute approximate surface area is 112 Å². The predicted molar refractivity (Wildman–Crippen MR) is 79.1 cm³/mol. The van der Waals surface area contributed by atoms with E-state index in [9.17, 15) is 0 Å². The van der Waals surface area contributed by atoms with Crippen molar-refractivity contribution in [3.05, 3.63) is 35.4 Å². The molecular formula is C16H28N2. The number of nitrogens with one attached hydrogen (secondary N) is 1. The highest BCUT2D eigenvalue weighted by atomic mass is 15.2. The molecule has 0 saturated heterocycles. The molecular weight excluding hydrogens is 220 g/mol. The first-order valence-electron chi connectivity index (χ1n) is 6.84. The summed E-state index contributed by atoms with van der Waals surface area (Å²) in [6.07, 6.45) is 2.30. The summed E-state index contributed by atoms with van der Waals surface area (Å²) in [5.41, 5.74) is 5.91. The van der Waals surface area contributed by atoms with Crippen molar-refractivity contribution < 1.29 is 0 Å². The third kappa shape index (κ3) is 5.19. The zero-order valence-corrected chi connectivity index (χ0v) is 12.5. The Morgan fingerprint density at radius 3 is 2.17 bits per heavy atom. The van der Waals surface area contributed by atoms with Crippen LogP contribution >= 0.6 is 0 Å². The highest BCUT2D eigenvalue weighted by Gasteiger charge is 2.19. The summed E-state index contributed by atoms with van der Waals surface area (Å²) in [6, 6.07) is 8.89. The SMILES string of the molecule is Cc1ccc(C(CC(C)CC(C)(C)C)NN)cc1. The molecule has 0 saturated carbocycles. The van der Waals surface area contributed by atoms with Crippen LogP contribution in [0.4, 0.5) is 0 Å². The molecule has 0 aromatic heterocycles. The van der Waals surface area contributed by atoms with Gasteiger partial charge in [0.1, 0.15) is 0 Å². The molecule has 2 atom stereocenters. The molecule has 2 unspecified atom stereocenters. The number of hydrazine groups is 1. The molecule has 2 heteroatoms. The molecule has 0 heterocycles. The summed E-state index contributed by atoms with van der Waals surface area (Å²) in [7, 11) is 0. The zero-order valence-electron chi connectivity index (χ0n) is 12.5. The van der Waals surface area contributed by atoms with E-state index in [1.165, 1.54) is 17.5 Å². The predicted octanol–water partition coefficient (Wildman–Crippen LogP) is 3.96. The molecule has 1 aromatic rings. The molecule has 18 heavy (non-hydrogen) atoms. The van der Waals surface area contributed by atoms with E-state index in [0.29, 0.717) is 11.3 Å². The fourth-order valence-corrected chi connectivity index (χ4v) is 2.63. The highest BCUT2D eigenvalue weighted by molar-refractivity contribution is 5.24. The van der Waals surface area contributed by atoms with Crippen LogP contribution in [0, 0.1) is 18.3 Å². The second-order valence-corrected chi connectivity index (χ2v) is 6.74. The molecule has 3 N–H and O–H groups in total. The van der Waals surface area contributed by atoms with Gasteiger partial charge in [0.15, 0.2) is 0 Å². The molecule has 0 aliphatic carbocycles. The Hall–Kier alpha value is -0.860. The normalized spacial score (nSPS) is 15.4. The van der Waals surface area contributed by atoms with Crippen LogP contribution in [0.25, 0.3) is 0 Å². The molecule has 1 aromatic carbocycles. The van der Waals surface area contributed by atoms with Gasteiger partial charge in [-0.3, -0.25) is 11.3 Å². The van der Waals surface area contributed by atoms with Gasteiger partial charge in [-0.15, -0.1) is 0 Å². The average Bonchev–Trinajstić information content (AvgIpc) is 2.25. The van der Waals surface area contributed by atoms with Crippen molar-refractivity contribution in [3.8, 4) is 0 Å². The third-order valence-electron chi connectivity index (χ3n) is 3.28. The lowest BCUT2D eigenvalue weighted by Gasteiger charge is -2.26. The fourth-order valence-electron chi connectivity index (χ4n) is 2.63. The van der Waals surface area contributed by atoms with E-state index >= 15 is 0 Å².